The standard InChI is InChI=1S/C7H7.C4H9.Al.FH.H/c1-7-5-3-2-4-6-7;1-3-4-2;;;/h3-6H,1H3;1,3-4H2,2H3;;1H;/q;;+1;;/p-1. The number of hydrogen-bond donors (Lipinski definition) is 0. The van der Waals surface area contributed by atoms with Crippen LogP contribution in [0.15, 0.2) is 24.3 Å². The fourth-order valence-corrected chi connectivity index (χ4v) is 1.50. The van der Waals surface area contributed by atoms with Crippen molar-refractivity contribution in [2.45, 2.75) is 32.0 Å². The molecule has 1 radical (unpaired) electrons. The fraction of sp³-hybridized carbons (Fsp3) is 0.455. The van der Waals surface area contributed by atoms with Crippen molar-refractivity contribution in [2.75, 3.05) is 0 Å². The zero-order valence-corrected chi connectivity index (χ0v) is 9.93. The molecule has 0 aromatic heterocycles. The maximum atomic E-state index is 11.3. The van der Waals surface area contributed by atoms with Gasteiger partial charge in [-0.1, -0.05) is 54.9 Å². The minimum Gasteiger partial charge on any atom is -0.424 e. The van der Waals surface area contributed by atoms with Crippen LogP contribution in [0.5, 0.6) is 0 Å². The van der Waals surface area contributed by atoms with Crippen LogP contribution in [0.25, 0.3) is 0 Å². The Hall–Kier alpha value is -0.318. The van der Waals surface area contributed by atoms with Gasteiger partial charge in [0, 0.05) is 0 Å². The summed E-state index contributed by atoms with van der Waals surface area (Å²) >= 11 is -1.10. The molecular weight excluding hydrogens is 178 g/mol. The third-order valence-electron chi connectivity index (χ3n) is 1.62. The van der Waals surface area contributed by atoms with Gasteiger partial charge in [0.2, 0.25) is 0 Å². The predicted molar refractivity (Wildman–Crippen MR) is 58.0 cm³/mol. The monoisotopic (exact) mass is 195 g/mol. The lowest BCUT2D eigenvalue weighted by Crippen LogP contribution is -1.75. The largest absolute Gasteiger partial charge is 0.494 e. The van der Waals surface area contributed by atoms with Crippen molar-refractivity contribution in [1.82, 2.24) is 0 Å². The van der Waals surface area contributed by atoms with Gasteiger partial charge in [-0.15, -0.1) is 0 Å². The van der Waals surface area contributed by atoms with E-state index in [0.717, 1.165) is 18.1 Å². The van der Waals surface area contributed by atoms with Crippen molar-refractivity contribution < 1.29 is 3.52 Å². The first-order chi connectivity index (χ1) is 6.31. The van der Waals surface area contributed by atoms with Crippen LogP contribution in [0.2, 0.25) is 5.28 Å². The molecule has 0 saturated carbocycles. The van der Waals surface area contributed by atoms with Gasteiger partial charge >= 0.3 is 15.7 Å². The van der Waals surface area contributed by atoms with E-state index in [1.54, 1.807) is 0 Å². The van der Waals surface area contributed by atoms with Crippen molar-refractivity contribution in [3.8, 4) is 0 Å². The lowest BCUT2D eigenvalue weighted by atomic mass is 10.2. The summed E-state index contributed by atoms with van der Waals surface area (Å²) in [6, 6.07) is 10.8. The summed E-state index contributed by atoms with van der Waals surface area (Å²) in [5.41, 5.74) is 1.29. The highest BCUT2D eigenvalue weighted by atomic mass is 27.2. The Morgan fingerprint density at radius 2 is 2.00 bits per heavy atom. The van der Waals surface area contributed by atoms with Gasteiger partial charge < -0.3 is 3.52 Å². The second-order valence-electron chi connectivity index (χ2n) is 2.97. The van der Waals surface area contributed by atoms with Crippen molar-refractivity contribution in [3.05, 3.63) is 35.9 Å². The van der Waals surface area contributed by atoms with Gasteiger partial charge in [-0.3, -0.25) is 0 Å². The minimum atomic E-state index is -1.10. The molecule has 13 heavy (non-hydrogen) atoms. The van der Waals surface area contributed by atoms with Crippen LogP contribution in [-0.2, 0) is 0 Å². The summed E-state index contributed by atoms with van der Waals surface area (Å²) in [7, 11) is 0. The zero-order chi connectivity index (χ0) is 9.94. The van der Waals surface area contributed by atoms with E-state index >= 15 is 0 Å². The molecule has 71 valence electrons. The summed E-state index contributed by atoms with van der Waals surface area (Å²) in [5.74, 6) is 0. The van der Waals surface area contributed by atoms with E-state index in [2.05, 4.69) is 19.9 Å². The van der Waals surface area contributed by atoms with E-state index in [-0.39, 0.29) is 0 Å². The summed E-state index contributed by atoms with van der Waals surface area (Å²) in [4.78, 5) is 0. The van der Waals surface area contributed by atoms with Gasteiger partial charge in [-0.05, 0) is 13.0 Å². The Kier molecular flexibility index (Phi) is 9.53. The molecule has 0 atom stereocenters. The van der Waals surface area contributed by atoms with Crippen LogP contribution in [0, 0.1) is 13.0 Å². The van der Waals surface area contributed by atoms with Crippen LogP contribution >= 0.6 is 0 Å². The number of halogens is 1. The maximum Gasteiger partial charge on any atom is 0.494 e. The topological polar surface area (TPSA) is 0 Å². The number of aryl methyl sites for hydroxylation is 1. The molecular formula is C11H17AlF. The molecule has 0 fully saturated rings. The molecule has 0 N–H and O–H groups in total. The highest BCUT2D eigenvalue weighted by molar-refractivity contribution is 6.25. The lowest BCUT2D eigenvalue weighted by molar-refractivity contribution is 0.808. The smallest absolute Gasteiger partial charge is 0.424 e. The number of unbranched alkanes of at least 4 members (excludes halogenated alkanes) is 1. The normalized spacial score (nSPS) is 8.54. The SMILES string of the molecule is CCC[CH2][AlH][F].Cc1cc[c]cc1. The van der Waals surface area contributed by atoms with Crippen LogP contribution in [0.1, 0.15) is 25.3 Å². The Balaban J connectivity index is 0.000000226. The second-order valence-corrected chi connectivity index (χ2v) is 4.06. The predicted octanol–water partition coefficient (Wildman–Crippen LogP) is 3.32. The van der Waals surface area contributed by atoms with E-state index in [9.17, 15) is 3.52 Å². The highest BCUT2D eigenvalue weighted by Crippen LogP contribution is 1.92. The van der Waals surface area contributed by atoms with Gasteiger partial charge in [0.25, 0.3) is 0 Å². The molecule has 0 aliphatic heterocycles. The van der Waals surface area contributed by atoms with E-state index in [0.29, 0.717) is 0 Å². The average molecular weight is 195 g/mol. The maximum absolute atomic E-state index is 11.3. The summed E-state index contributed by atoms with van der Waals surface area (Å²) < 4.78 is 11.3. The quantitative estimate of drug-likeness (QED) is 0.512. The molecule has 0 unspecified atom stereocenters. The first-order valence-electron chi connectivity index (χ1n) is 4.80. The van der Waals surface area contributed by atoms with Crippen molar-refractivity contribution in [2.24, 2.45) is 0 Å². The van der Waals surface area contributed by atoms with Gasteiger partial charge in [-0.25, -0.2) is 0 Å². The molecule has 0 amide bonds. The third-order valence-corrected chi connectivity index (χ3v) is 2.39. The van der Waals surface area contributed by atoms with Crippen LogP contribution < -0.4 is 0 Å². The first-order valence-corrected chi connectivity index (χ1v) is 6.33. The summed E-state index contributed by atoms with van der Waals surface area (Å²) in [6.07, 6.45) is 2.25. The van der Waals surface area contributed by atoms with Gasteiger partial charge in [0.05, 0.1) is 0 Å². The van der Waals surface area contributed by atoms with E-state index < -0.39 is 15.7 Å². The molecule has 0 bridgehead atoms. The molecule has 2 heteroatoms. The van der Waals surface area contributed by atoms with Gasteiger partial charge in [0.1, 0.15) is 0 Å². The Labute approximate surface area is 87.4 Å². The summed E-state index contributed by atoms with van der Waals surface area (Å²) in [6.45, 7) is 4.15. The van der Waals surface area contributed by atoms with Crippen LogP contribution in [0.4, 0.5) is 3.52 Å². The highest BCUT2D eigenvalue weighted by Gasteiger charge is 1.86. The minimum absolute atomic E-state index is 0.885. The van der Waals surface area contributed by atoms with Gasteiger partial charge in [-0.2, -0.15) is 0 Å². The Morgan fingerprint density at radius 1 is 1.38 bits per heavy atom. The molecule has 0 spiro atoms. The molecule has 0 saturated heterocycles. The molecule has 1 aromatic carbocycles. The van der Waals surface area contributed by atoms with E-state index in [4.69, 9.17) is 0 Å². The second kappa shape index (κ2) is 9.77. The average Bonchev–Trinajstić information content (AvgIpc) is 2.17. The van der Waals surface area contributed by atoms with Crippen molar-refractivity contribution in [3.63, 3.8) is 0 Å². The lowest BCUT2D eigenvalue weighted by Gasteiger charge is -1.82. The Morgan fingerprint density at radius 3 is 2.23 bits per heavy atom. The fourth-order valence-electron chi connectivity index (χ4n) is 0.815. The molecule has 1 aromatic rings. The molecule has 0 nitrogen and oxygen atoms in total. The number of benzene rings is 1. The van der Waals surface area contributed by atoms with Crippen molar-refractivity contribution in [1.29, 1.82) is 0 Å². The Bertz CT molecular complexity index is 183. The molecule has 0 aliphatic rings. The first kappa shape index (κ1) is 12.7. The van der Waals surface area contributed by atoms with E-state index in [1.807, 2.05) is 24.3 Å². The molecule has 1 rings (SSSR count). The summed E-state index contributed by atoms with van der Waals surface area (Å²) in [5, 5.41) is 0.885. The van der Waals surface area contributed by atoms with Crippen LogP contribution in [-0.4, -0.2) is 15.7 Å². The zero-order valence-electron chi connectivity index (χ0n) is 8.52. The molecule has 0 heterocycles. The number of rotatable bonds is 3. The van der Waals surface area contributed by atoms with E-state index in [1.165, 1.54) is 5.56 Å². The van der Waals surface area contributed by atoms with Crippen molar-refractivity contribution >= 4 is 15.7 Å². The molecule has 0 aliphatic carbocycles. The van der Waals surface area contributed by atoms with Crippen LogP contribution in [0.3, 0.4) is 0 Å². The van der Waals surface area contributed by atoms with Gasteiger partial charge in [0.15, 0.2) is 0 Å². The third kappa shape index (κ3) is 9.60. The number of hydrogen-bond acceptors (Lipinski definition) is 0.